The first-order valence-electron chi connectivity index (χ1n) is 4.04. The molecule has 0 fully saturated rings. The van der Waals surface area contributed by atoms with Crippen molar-refractivity contribution in [3.8, 4) is 0 Å². The minimum absolute atomic E-state index is 0.254. The van der Waals surface area contributed by atoms with Crippen molar-refractivity contribution in [3.63, 3.8) is 0 Å². The van der Waals surface area contributed by atoms with Crippen molar-refractivity contribution in [2.45, 2.75) is 0 Å². The van der Waals surface area contributed by atoms with Crippen LogP contribution in [0.5, 0.6) is 0 Å². The van der Waals surface area contributed by atoms with E-state index in [9.17, 15) is 9.59 Å². The predicted molar refractivity (Wildman–Crippen MR) is 54.9 cm³/mol. The Morgan fingerprint density at radius 1 is 1.29 bits per heavy atom. The number of nitrogens with one attached hydrogen (secondary N) is 1. The fraction of sp³-hybridized carbons (Fsp3) is 0.100. The number of carbonyl (C=O) groups excluding carboxylic acids is 2. The van der Waals surface area contributed by atoms with Crippen LogP contribution in [0.4, 0.5) is 5.69 Å². The first kappa shape index (κ1) is 10.1. The summed E-state index contributed by atoms with van der Waals surface area (Å²) in [7, 11) is 1.52. The van der Waals surface area contributed by atoms with Gasteiger partial charge in [-0.3, -0.25) is 14.6 Å². The largest absolute Gasteiger partial charge is 0.338 e. The molecule has 0 saturated carbocycles. The molecule has 1 N–H and O–H groups in total. The second-order valence-electron chi connectivity index (χ2n) is 2.59. The number of nitrogens with zero attached hydrogens (tertiary/aromatic N) is 1. The Hall–Kier alpha value is -1.97. The summed E-state index contributed by atoms with van der Waals surface area (Å²) < 4.78 is 0. The van der Waals surface area contributed by atoms with Crippen molar-refractivity contribution in [3.05, 3.63) is 29.8 Å². The number of hydrogen-bond donors (Lipinski definition) is 1. The van der Waals surface area contributed by atoms with Gasteiger partial charge in [0.1, 0.15) is 6.29 Å². The summed E-state index contributed by atoms with van der Waals surface area (Å²) >= 11 is 0. The third-order valence-electron chi connectivity index (χ3n) is 1.67. The maximum absolute atomic E-state index is 10.4. The van der Waals surface area contributed by atoms with Crippen LogP contribution < -0.4 is 5.32 Å². The van der Waals surface area contributed by atoms with E-state index in [0.717, 1.165) is 12.0 Å². The maximum Gasteiger partial charge on any atom is 0.184 e. The monoisotopic (exact) mass is 190 g/mol. The molecule has 4 heteroatoms. The van der Waals surface area contributed by atoms with Crippen molar-refractivity contribution >= 4 is 24.1 Å². The number of anilines is 1. The van der Waals surface area contributed by atoms with Crippen LogP contribution in [0.3, 0.4) is 0 Å². The minimum Gasteiger partial charge on any atom is -0.338 e. The van der Waals surface area contributed by atoms with Crippen LogP contribution >= 0.6 is 0 Å². The molecule has 14 heavy (non-hydrogen) atoms. The first-order valence-corrected chi connectivity index (χ1v) is 4.04. The topological polar surface area (TPSA) is 58.5 Å². The molecule has 0 amide bonds. The smallest absolute Gasteiger partial charge is 0.184 e. The average molecular weight is 190 g/mol. The van der Waals surface area contributed by atoms with E-state index in [-0.39, 0.29) is 5.84 Å². The van der Waals surface area contributed by atoms with Crippen LogP contribution in [0.15, 0.2) is 29.3 Å². The predicted octanol–water partition coefficient (Wildman–Crippen LogP) is 1.14. The fourth-order valence-corrected chi connectivity index (χ4v) is 0.931. The van der Waals surface area contributed by atoms with Crippen LogP contribution in [-0.4, -0.2) is 25.5 Å². The van der Waals surface area contributed by atoms with Crippen LogP contribution in [0.1, 0.15) is 10.4 Å². The Balaban J connectivity index is 2.78. The Bertz CT molecular complexity index is 355. The highest BCUT2D eigenvalue weighted by molar-refractivity contribution is 6.32. The molecule has 72 valence electrons. The molecule has 4 nitrogen and oxygen atoms in total. The van der Waals surface area contributed by atoms with E-state index in [2.05, 4.69) is 10.3 Å². The van der Waals surface area contributed by atoms with Gasteiger partial charge in [0.15, 0.2) is 12.1 Å². The van der Waals surface area contributed by atoms with E-state index >= 15 is 0 Å². The van der Waals surface area contributed by atoms with Crippen LogP contribution in [0.25, 0.3) is 0 Å². The van der Waals surface area contributed by atoms with Crippen molar-refractivity contribution in [2.24, 2.45) is 4.99 Å². The number of carbonyl (C=O) groups is 2. The Morgan fingerprint density at radius 2 is 1.93 bits per heavy atom. The lowest BCUT2D eigenvalue weighted by Gasteiger charge is -2.03. The van der Waals surface area contributed by atoms with Crippen LogP contribution in [0.2, 0.25) is 0 Å². The number of aliphatic imine (C=N–C) groups is 1. The van der Waals surface area contributed by atoms with Gasteiger partial charge in [-0.15, -0.1) is 0 Å². The Morgan fingerprint density at radius 3 is 2.36 bits per heavy atom. The Labute approximate surface area is 81.7 Å². The van der Waals surface area contributed by atoms with E-state index in [1.807, 2.05) is 0 Å². The highest BCUT2D eigenvalue weighted by Gasteiger charge is 1.96. The lowest BCUT2D eigenvalue weighted by molar-refractivity contribution is -0.102. The number of hydrogen-bond acceptors (Lipinski definition) is 3. The summed E-state index contributed by atoms with van der Waals surface area (Å²) in [5.74, 6) is 0.254. The van der Waals surface area contributed by atoms with Crippen molar-refractivity contribution in [2.75, 3.05) is 12.4 Å². The molecule has 0 bridgehead atoms. The molecule has 0 heterocycles. The summed E-state index contributed by atoms with van der Waals surface area (Å²) in [6.07, 6.45) is 1.39. The minimum atomic E-state index is 0.254. The van der Waals surface area contributed by atoms with E-state index < -0.39 is 0 Å². The molecule has 1 aromatic rings. The molecule has 0 aliphatic rings. The molecule has 0 aromatic heterocycles. The van der Waals surface area contributed by atoms with Gasteiger partial charge in [0, 0.05) is 18.3 Å². The van der Waals surface area contributed by atoms with Gasteiger partial charge in [-0.2, -0.15) is 0 Å². The van der Waals surface area contributed by atoms with Gasteiger partial charge in [-0.05, 0) is 24.3 Å². The molecule has 1 aromatic carbocycles. The second-order valence-corrected chi connectivity index (χ2v) is 2.59. The molecule has 1 rings (SSSR count). The Kier molecular flexibility index (Phi) is 3.55. The third-order valence-corrected chi connectivity index (χ3v) is 1.67. The van der Waals surface area contributed by atoms with E-state index in [1.54, 1.807) is 24.3 Å². The summed E-state index contributed by atoms with van der Waals surface area (Å²) in [5.41, 5.74) is 1.32. The lowest BCUT2D eigenvalue weighted by atomic mass is 10.2. The highest BCUT2D eigenvalue weighted by Crippen LogP contribution is 2.07. The van der Waals surface area contributed by atoms with Gasteiger partial charge in [0.05, 0.1) is 0 Å². The van der Waals surface area contributed by atoms with Crippen molar-refractivity contribution < 1.29 is 9.59 Å². The van der Waals surface area contributed by atoms with Crippen molar-refractivity contribution in [1.82, 2.24) is 0 Å². The molecular weight excluding hydrogens is 180 g/mol. The van der Waals surface area contributed by atoms with Gasteiger partial charge in [-0.25, -0.2) is 0 Å². The zero-order chi connectivity index (χ0) is 10.4. The molecule has 0 unspecified atom stereocenters. The van der Waals surface area contributed by atoms with Gasteiger partial charge < -0.3 is 5.32 Å². The number of aldehydes is 2. The normalized spacial score (nSPS) is 10.8. The molecule has 0 spiro atoms. The van der Waals surface area contributed by atoms with E-state index in [1.165, 1.54) is 7.05 Å². The first-order chi connectivity index (χ1) is 6.80. The van der Waals surface area contributed by atoms with Gasteiger partial charge in [-0.1, -0.05) is 0 Å². The summed E-state index contributed by atoms with van der Waals surface area (Å²) in [6.45, 7) is 0. The molecule has 0 radical (unpaired) electrons. The summed E-state index contributed by atoms with van der Waals surface area (Å²) in [5, 5.41) is 2.80. The quantitative estimate of drug-likeness (QED) is 0.441. The zero-order valence-corrected chi connectivity index (χ0v) is 7.73. The molecular formula is C10H10N2O2. The molecule has 0 aliphatic carbocycles. The van der Waals surface area contributed by atoms with E-state index in [0.29, 0.717) is 11.8 Å². The van der Waals surface area contributed by atoms with Crippen LogP contribution in [0, 0.1) is 0 Å². The summed E-state index contributed by atoms with van der Waals surface area (Å²) in [6, 6.07) is 6.73. The number of rotatable bonds is 3. The summed E-state index contributed by atoms with van der Waals surface area (Å²) in [4.78, 5) is 24.5. The van der Waals surface area contributed by atoms with Gasteiger partial charge >= 0.3 is 0 Å². The fourth-order valence-electron chi connectivity index (χ4n) is 0.931. The number of amidine groups is 1. The maximum atomic E-state index is 10.4. The third kappa shape index (κ3) is 2.52. The standard InChI is InChI=1S/C10H10N2O2/c1-11-10(7-14)12-9-4-2-8(6-13)3-5-9/h2-7H,1H3,(H,11,12). The SMILES string of the molecule is CN=C(C=O)Nc1ccc(C=O)cc1. The van der Waals surface area contributed by atoms with E-state index in [4.69, 9.17) is 0 Å². The number of benzene rings is 1. The molecule has 0 atom stereocenters. The van der Waals surface area contributed by atoms with Crippen LogP contribution in [-0.2, 0) is 4.79 Å². The highest BCUT2D eigenvalue weighted by atomic mass is 16.1. The van der Waals surface area contributed by atoms with Gasteiger partial charge in [0.2, 0.25) is 0 Å². The van der Waals surface area contributed by atoms with Crippen molar-refractivity contribution in [1.29, 1.82) is 0 Å². The zero-order valence-electron chi connectivity index (χ0n) is 7.73. The average Bonchev–Trinajstić information content (AvgIpc) is 2.26. The molecule has 0 saturated heterocycles. The molecule has 0 aliphatic heterocycles. The lowest BCUT2D eigenvalue weighted by Crippen LogP contribution is -2.12. The van der Waals surface area contributed by atoms with Gasteiger partial charge in [0.25, 0.3) is 0 Å². The second kappa shape index (κ2) is 4.91.